The number of hydrogen-bond donors (Lipinski definition) is 3. The number of ether oxygens (including phenoxy) is 1. The van der Waals surface area contributed by atoms with E-state index in [0.29, 0.717) is 19.3 Å². The van der Waals surface area contributed by atoms with E-state index < -0.39 is 12.1 Å². The zero-order chi connectivity index (χ0) is 17.5. The second-order valence-electron chi connectivity index (χ2n) is 5.95. The third-order valence-corrected chi connectivity index (χ3v) is 4.10. The van der Waals surface area contributed by atoms with Crippen LogP contribution in [0.5, 0.6) is 11.5 Å². The van der Waals surface area contributed by atoms with Crippen molar-refractivity contribution in [3.05, 3.63) is 23.8 Å². The molecule has 0 heterocycles. The molecule has 0 aliphatic heterocycles. The Balaban J connectivity index is 1.76. The first-order chi connectivity index (χ1) is 11.5. The van der Waals surface area contributed by atoms with E-state index in [1.807, 2.05) is 12.4 Å². The molecule has 0 unspecified atom stereocenters. The van der Waals surface area contributed by atoms with Crippen LogP contribution in [0.25, 0.3) is 0 Å². The van der Waals surface area contributed by atoms with Crippen LogP contribution in [-0.4, -0.2) is 28.4 Å². The summed E-state index contributed by atoms with van der Waals surface area (Å²) in [7, 11) is 0. The number of hydrogen-bond acceptors (Lipinski definition) is 6. The molecular formula is C17H23NO6. The van der Waals surface area contributed by atoms with Crippen LogP contribution in [0.1, 0.15) is 56.9 Å². The smallest absolute Gasteiger partial charge is 0.440 e. The predicted molar refractivity (Wildman–Crippen MR) is 85.4 cm³/mol. The van der Waals surface area contributed by atoms with Gasteiger partial charge in [0.05, 0.1) is 0 Å². The lowest BCUT2D eigenvalue weighted by molar-refractivity contribution is -0.150. The molecule has 1 aliphatic rings. The summed E-state index contributed by atoms with van der Waals surface area (Å²) in [6.07, 6.45) is 2.69. The highest BCUT2D eigenvalue weighted by Gasteiger charge is 2.26. The van der Waals surface area contributed by atoms with Gasteiger partial charge >= 0.3 is 12.1 Å². The van der Waals surface area contributed by atoms with Crippen LogP contribution in [0, 0.1) is 0 Å². The van der Waals surface area contributed by atoms with E-state index in [4.69, 9.17) is 4.74 Å². The highest BCUT2D eigenvalue weighted by atomic mass is 16.7. The molecule has 1 saturated carbocycles. The monoisotopic (exact) mass is 337 g/mol. The van der Waals surface area contributed by atoms with Crippen molar-refractivity contribution in [3.63, 3.8) is 0 Å². The van der Waals surface area contributed by atoms with E-state index >= 15 is 0 Å². The van der Waals surface area contributed by atoms with Gasteiger partial charge in [-0.25, -0.2) is 9.59 Å². The molecule has 7 heteroatoms. The Labute approximate surface area is 140 Å². The summed E-state index contributed by atoms with van der Waals surface area (Å²) in [6.45, 7) is 1.84. The Hall–Kier alpha value is -2.44. The zero-order valence-electron chi connectivity index (χ0n) is 13.7. The topological polar surface area (TPSA) is 105 Å². The molecule has 1 aromatic carbocycles. The van der Waals surface area contributed by atoms with Crippen LogP contribution in [0.15, 0.2) is 18.2 Å². The van der Waals surface area contributed by atoms with Crippen LogP contribution in [0.3, 0.4) is 0 Å². The Bertz CT molecular complexity index is 580. The number of rotatable bonds is 4. The number of phenolic OH excluding ortho intramolecular Hbond substituents is 2. The van der Waals surface area contributed by atoms with E-state index in [1.165, 1.54) is 6.07 Å². The molecule has 1 fully saturated rings. The fourth-order valence-electron chi connectivity index (χ4n) is 2.90. The van der Waals surface area contributed by atoms with E-state index in [0.717, 1.165) is 18.4 Å². The summed E-state index contributed by atoms with van der Waals surface area (Å²) in [6, 6.07) is 4.60. The van der Waals surface area contributed by atoms with E-state index in [9.17, 15) is 19.8 Å². The molecule has 1 amide bonds. The minimum atomic E-state index is -0.768. The first-order valence-electron chi connectivity index (χ1n) is 8.17. The van der Waals surface area contributed by atoms with Gasteiger partial charge in [-0.2, -0.15) is 0 Å². The van der Waals surface area contributed by atoms with Gasteiger partial charge in [0.15, 0.2) is 0 Å². The normalized spacial score (nSPS) is 20.2. The van der Waals surface area contributed by atoms with Crippen molar-refractivity contribution in [1.82, 2.24) is 5.48 Å². The van der Waals surface area contributed by atoms with Gasteiger partial charge in [0, 0.05) is 12.5 Å². The molecule has 2 rings (SSSR count). The molecule has 0 radical (unpaired) electrons. The van der Waals surface area contributed by atoms with Crippen LogP contribution < -0.4 is 5.48 Å². The average molecular weight is 337 g/mol. The SMILES string of the molecule is CCCC(=O)ONC(=O)OC1CCC(c2ccc(O)cc2O)CC1. The minimum absolute atomic E-state index is 0.0301. The molecule has 0 atom stereocenters. The largest absolute Gasteiger partial charge is 0.508 e. The number of benzene rings is 1. The predicted octanol–water partition coefficient (Wildman–Crippen LogP) is 3.11. The van der Waals surface area contributed by atoms with Gasteiger partial charge in [-0.3, -0.25) is 0 Å². The van der Waals surface area contributed by atoms with Crippen molar-refractivity contribution >= 4 is 12.1 Å². The lowest BCUT2D eigenvalue weighted by Crippen LogP contribution is -2.32. The average Bonchev–Trinajstić information content (AvgIpc) is 2.54. The second kappa shape index (κ2) is 8.42. The van der Waals surface area contributed by atoms with Crippen molar-refractivity contribution in [2.45, 2.75) is 57.5 Å². The number of aromatic hydroxyl groups is 2. The summed E-state index contributed by atoms with van der Waals surface area (Å²) in [5.41, 5.74) is 2.79. The first kappa shape index (κ1) is 17.9. The molecule has 3 N–H and O–H groups in total. The molecule has 0 saturated heterocycles. The number of hydroxylamine groups is 1. The molecule has 132 valence electrons. The molecule has 1 aliphatic carbocycles. The number of nitrogens with one attached hydrogen (secondary N) is 1. The fraction of sp³-hybridized carbons (Fsp3) is 0.529. The van der Waals surface area contributed by atoms with Crippen molar-refractivity contribution in [3.8, 4) is 11.5 Å². The molecule has 24 heavy (non-hydrogen) atoms. The van der Waals surface area contributed by atoms with Gasteiger partial charge in [-0.05, 0) is 49.7 Å². The summed E-state index contributed by atoms with van der Waals surface area (Å²) < 4.78 is 5.22. The number of carbonyl (C=O) groups excluding carboxylic acids is 2. The van der Waals surface area contributed by atoms with Crippen molar-refractivity contribution in [2.75, 3.05) is 0 Å². The molecule has 7 nitrogen and oxygen atoms in total. The van der Waals surface area contributed by atoms with Crippen LogP contribution in [-0.2, 0) is 14.4 Å². The Kier molecular flexibility index (Phi) is 6.28. The van der Waals surface area contributed by atoms with Crippen LogP contribution in [0.4, 0.5) is 4.79 Å². The number of amides is 1. The maximum atomic E-state index is 11.6. The van der Waals surface area contributed by atoms with E-state index in [-0.39, 0.29) is 29.9 Å². The molecule has 1 aromatic rings. The second-order valence-corrected chi connectivity index (χ2v) is 5.95. The molecule has 0 aromatic heterocycles. The maximum Gasteiger partial charge on any atom is 0.440 e. The van der Waals surface area contributed by atoms with Gasteiger partial charge in [0.2, 0.25) is 0 Å². The summed E-state index contributed by atoms with van der Waals surface area (Å²) >= 11 is 0. The highest BCUT2D eigenvalue weighted by molar-refractivity contribution is 5.73. The Morgan fingerprint density at radius 2 is 1.92 bits per heavy atom. The Morgan fingerprint density at radius 3 is 2.54 bits per heavy atom. The van der Waals surface area contributed by atoms with Gasteiger partial charge < -0.3 is 19.8 Å². The number of phenols is 2. The first-order valence-corrected chi connectivity index (χ1v) is 8.17. The van der Waals surface area contributed by atoms with Crippen molar-refractivity contribution in [2.24, 2.45) is 0 Å². The molecule has 0 bridgehead atoms. The standard InChI is InChI=1S/C17H23NO6/c1-2-3-16(21)24-18-17(22)23-13-7-4-11(5-8-13)14-9-6-12(19)10-15(14)20/h6,9-11,13,19-20H,2-5,7-8H2,1H3,(H,18,22). The third kappa shape index (κ3) is 5.04. The maximum absolute atomic E-state index is 11.6. The fourth-order valence-corrected chi connectivity index (χ4v) is 2.90. The van der Waals surface area contributed by atoms with E-state index in [2.05, 4.69) is 4.84 Å². The van der Waals surface area contributed by atoms with Gasteiger partial charge in [0.1, 0.15) is 17.6 Å². The number of carbonyl (C=O) groups is 2. The lowest BCUT2D eigenvalue weighted by Gasteiger charge is -2.28. The molecule has 0 spiro atoms. The van der Waals surface area contributed by atoms with Gasteiger partial charge in [-0.1, -0.05) is 13.0 Å². The zero-order valence-corrected chi connectivity index (χ0v) is 13.7. The van der Waals surface area contributed by atoms with Crippen molar-refractivity contribution < 1.29 is 29.4 Å². The molecular weight excluding hydrogens is 314 g/mol. The summed E-state index contributed by atoms with van der Waals surface area (Å²) in [5.74, 6) is -0.223. The third-order valence-electron chi connectivity index (χ3n) is 4.10. The quantitative estimate of drug-likeness (QED) is 0.729. The summed E-state index contributed by atoms with van der Waals surface area (Å²) in [5, 5.41) is 19.3. The van der Waals surface area contributed by atoms with Crippen LogP contribution >= 0.6 is 0 Å². The Morgan fingerprint density at radius 1 is 1.21 bits per heavy atom. The van der Waals surface area contributed by atoms with E-state index in [1.54, 1.807) is 12.1 Å². The van der Waals surface area contributed by atoms with Crippen molar-refractivity contribution in [1.29, 1.82) is 0 Å². The highest BCUT2D eigenvalue weighted by Crippen LogP contribution is 2.39. The van der Waals surface area contributed by atoms with Gasteiger partial charge in [0.25, 0.3) is 0 Å². The minimum Gasteiger partial charge on any atom is -0.508 e. The lowest BCUT2D eigenvalue weighted by atomic mass is 9.82. The van der Waals surface area contributed by atoms with Gasteiger partial charge in [-0.15, -0.1) is 5.48 Å². The summed E-state index contributed by atoms with van der Waals surface area (Å²) in [4.78, 5) is 27.3. The van der Waals surface area contributed by atoms with Crippen LogP contribution in [0.2, 0.25) is 0 Å².